The van der Waals surface area contributed by atoms with Crippen molar-refractivity contribution in [2.45, 2.75) is 50.0 Å². The van der Waals surface area contributed by atoms with Crippen molar-refractivity contribution >= 4 is 11.8 Å². The van der Waals surface area contributed by atoms with Crippen molar-refractivity contribution < 1.29 is 9.59 Å². The van der Waals surface area contributed by atoms with Gasteiger partial charge in [0.25, 0.3) is 0 Å². The third-order valence-corrected chi connectivity index (χ3v) is 6.73. The molecule has 1 aliphatic carbocycles. The molecule has 2 aliphatic heterocycles. The van der Waals surface area contributed by atoms with E-state index >= 15 is 0 Å². The van der Waals surface area contributed by atoms with Crippen molar-refractivity contribution in [2.24, 2.45) is 0 Å². The van der Waals surface area contributed by atoms with Gasteiger partial charge in [-0.1, -0.05) is 24.3 Å². The second-order valence-electron chi connectivity index (χ2n) is 8.08. The van der Waals surface area contributed by atoms with Crippen LogP contribution in [0, 0.1) is 0 Å². The van der Waals surface area contributed by atoms with Crippen molar-refractivity contribution in [1.29, 1.82) is 0 Å². The summed E-state index contributed by atoms with van der Waals surface area (Å²) in [5.41, 5.74) is 2.34. The molecule has 2 amide bonds. The second-order valence-corrected chi connectivity index (χ2v) is 8.08. The summed E-state index contributed by atoms with van der Waals surface area (Å²) in [7, 11) is 2.05. The lowest BCUT2D eigenvalue weighted by atomic mass is 9.84. The second kappa shape index (κ2) is 7.03. The molecule has 0 bridgehead atoms. The number of likely N-dealkylation sites (tertiary alicyclic amines) is 1. The summed E-state index contributed by atoms with van der Waals surface area (Å²) in [5.74, 6) is 0.756. The van der Waals surface area contributed by atoms with E-state index in [2.05, 4.69) is 41.5 Å². The highest BCUT2D eigenvalue weighted by molar-refractivity contribution is 5.87. The third-order valence-electron chi connectivity index (χ3n) is 6.73. The predicted molar refractivity (Wildman–Crippen MR) is 101 cm³/mol. The largest absolute Gasteiger partial charge is 0.354 e. The maximum atomic E-state index is 12.9. The molecule has 5 nitrogen and oxygen atoms in total. The van der Waals surface area contributed by atoms with E-state index in [-0.39, 0.29) is 11.8 Å². The fourth-order valence-electron chi connectivity index (χ4n) is 5.00. The molecular formula is C21H29N3O2. The van der Waals surface area contributed by atoms with Gasteiger partial charge in [0, 0.05) is 32.6 Å². The van der Waals surface area contributed by atoms with Crippen molar-refractivity contribution in [3.63, 3.8) is 0 Å². The van der Waals surface area contributed by atoms with E-state index in [4.69, 9.17) is 0 Å². The number of nitrogens with zero attached hydrogens (tertiary/aromatic N) is 2. The predicted octanol–water partition coefficient (Wildman–Crippen LogP) is 1.92. The number of fused-ring (bicyclic) bond motifs is 1. The van der Waals surface area contributed by atoms with Crippen LogP contribution in [0.15, 0.2) is 24.3 Å². The van der Waals surface area contributed by atoms with Crippen LogP contribution in [0.25, 0.3) is 0 Å². The topological polar surface area (TPSA) is 52.7 Å². The normalized spacial score (nSPS) is 25.7. The van der Waals surface area contributed by atoms with Crippen LogP contribution in [0.3, 0.4) is 0 Å². The molecular weight excluding hydrogens is 326 g/mol. The first kappa shape index (κ1) is 17.5. The maximum absolute atomic E-state index is 12.9. The van der Waals surface area contributed by atoms with Crippen LogP contribution < -0.4 is 5.32 Å². The Morgan fingerprint density at radius 3 is 2.81 bits per heavy atom. The Balaban J connectivity index is 1.39. The summed E-state index contributed by atoms with van der Waals surface area (Å²) >= 11 is 0. The van der Waals surface area contributed by atoms with Crippen LogP contribution in [0.5, 0.6) is 0 Å². The van der Waals surface area contributed by atoms with Gasteiger partial charge in [-0.25, -0.2) is 0 Å². The number of hydrogen-bond acceptors (Lipinski definition) is 3. The van der Waals surface area contributed by atoms with E-state index in [9.17, 15) is 9.59 Å². The van der Waals surface area contributed by atoms with Crippen molar-refractivity contribution in [1.82, 2.24) is 15.1 Å². The van der Waals surface area contributed by atoms with Gasteiger partial charge in [0.05, 0.1) is 0 Å². The Hall–Kier alpha value is -1.88. The molecule has 0 aromatic heterocycles. The van der Waals surface area contributed by atoms with E-state index in [0.29, 0.717) is 25.4 Å². The average Bonchev–Trinajstić information content (AvgIpc) is 3.02. The Morgan fingerprint density at radius 2 is 2.00 bits per heavy atom. The number of carbonyl (C=O) groups excluding carboxylic acids is 2. The number of likely N-dealkylation sites (N-methyl/N-ethyl adjacent to an activating group) is 1. The van der Waals surface area contributed by atoms with E-state index in [1.165, 1.54) is 11.1 Å². The third kappa shape index (κ3) is 3.02. The lowest BCUT2D eigenvalue weighted by Crippen LogP contribution is -2.61. The fraction of sp³-hybridized carbons (Fsp3) is 0.619. The molecule has 1 N–H and O–H groups in total. The summed E-state index contributed by atoms with van der Waals surface area (Å²) in [4.78, 5) is 29.7. The molecule has 1 atom stereocenters. The highest BCUT2D eigenvalue weighted by Gasteiger charge is 2.46. The summed E-state index contributed by atoms with van der Waals surface area (Å²) in [6.07, 6.45) is 5.24. The van der Waals surface area contributed by atoms with Gasteiger partial charge >= 0.3 is 0 Å². The van der Waals surface area contributed by atoms with Crippen LogP contribution in [0.2, 0.25) is 0 Å². The summed E-state index contributed by atoms with van der Waals surface area (Å²) in [6, 6.07) is 8.52. The van der Waals surface area contributed by atoms with Gasteiger partial charge in [-0.3, -0.25) is 14.5 Å². The first-order valence-electron chi connectivity index (χ1n) is 9.95. The van der Waals surface area contributed by atoms with Crippen LogP contribution in [-0.2, 0) is 16.0 Å². The molecule has 4 rings (SSSR count). The summed E-state index contributed by atoms with van der Waals surface area (Å²) in [6.45, 7) is 3.07. The van der Waals surface area contributed by atoms with E-state index < -0.39 is 5.54 Å². The van der Waals surface area contributed by atoms with Crippen LogP contribution >= 0.6 is 0 Å². The average molecular weight is 355 g/mol. The molecule has 2 heterocycles. The molecule has 2 saturated heterocycles. The number of rotatable bonds is 2. The first-order valence-corrected chi connectivity index (χ1v) is 9.95. The molecule has 0 saturated carbocycles. The zero-order valence-corrected chi connectivity index (χ0v) is 15.7. The van der Waals surface area contributed by atoms with E-state index in [1.54, 1.807) is 0 Å². The van der Waals surface area contributed by atoms with Gasteiger partial charge in [-0.05, 0) is 56.2 Å². The molecule has 26 heavy (non-hydrogen) atoms. The Kier molecular flexibility index (Phi) is 4.74. The maximum Gasteiger partial charge on any atom is 0.240 e. The number of nitrogens with one attached hydrogen (secondary N) is 1. The minimum absolute atomic E-state index is 0.148. The fourth-order valence-corrected chi connectivity index (χ4v) is 5.00. The smallest absolute Gasteiger partial charge is 0.240 e. The highest BCUT2D eigenvalue weighted by atomic mass is 16.2. The number of aryl methyl sites for hydroxylation is 1. The van der Waals surface area contributed by atoms with Crippen LogP contribution in [0.1, 0.15) is 49.1 Å². The van der Waals surface area contributed by atoms with Gasteiger partial charge in [0.1, 0.15) is 5.54 Å². The Bertz CT molecular complexity index is 694. The monoisotopic (exact) mass is 355 g/mol. The number of hydrogen-bond donors (Lipinski definition) is 1. The molecule has 0 unspecified atom stereocenters. The quantitative estimate of drug-likeness (QED) is 0.882. The SMILES string of the molecule is CN1CCCNC(=O)C12CCN(C(=O)C[C@@H]1CCc3ccccc31)CC2. The molecule has 140 valence electrons. The molecule has 2 fully saturated rings. The summed E-state index contributed by atoms with van der Waals surface area (Å²) < 4.78 is 0. The highest BCUT2D eigenvalue weighted by Crippen LogP contribution is 2.36. The molecule has 3 aliphatic rings. The Labute approximate surface area is 155 Å². The minimum atomic E-state index is -0.423. The van der Waals surface area contributed by atoms with Crippen LogP contribution in [-0.4, -0.2) is 60.4 Å². The number of amides is 2. The molecule has 1 spiro atoms. The van der Waals surface area contributed by atoms with Gasteiger partial charge in [-0.2, -0.15) is 0 Å². The van der Waals surface area contributed by atoms with E-state index in [1.807, 2.05) is 4.90 Å². The van der Waals surface area contributed by atoms with Gasteiger partial charge < -0.3 is 10.2 Å². The van der Waals surface area contributed by atoms with Crippen molar-refractivity contribution in [3.8, 4) is 0 Å². The molecule has 5 heteroatoms. The van der Waals surface area contributed by atoms with Crippen LogP contribution in [0.4, 0.5) is 0 Å². The number of benzene rings is 1. The van der Waals surface area contributed by atoms with E-state index in [0.717, 1.165) is 45.2 Å². The standard InChI is InChI=1S/C21H29N3O2/c1-23-12-4-11-22-20(26)21(23)9-13-24(14-10-21)19(25)15-17-8-7-16-5-2-3-6-18(16)17/h2-3,5-6,17H,4,7-15H2,1H3,(H,22,26)/t17-/m0/s1. The van der Waals surface area contributed by atoms with Gasteiger partial charge in [-0.15, -0.1) is 0 Å². The zero-order valence-electron chi connectivity index (χ0n) is 15.7. The molecule has 0 radical (unpaired) electrons. The minimum Gasteiger partial charge on any atom is -0.354 e. The molecule has 1 aromatic carbocycles. The Morgan fingerprint density at radius 1 is 1.23 bits per heavy atom. The number of carbonyl (C=O) groups is 2. The lowest BCUT2D eigenvalue weighted by Gasteiger charge is -2.45. The first-order chi connectivity index (χ1) is 12.6. The van der Waals surface area contributed by atoms with Crippen molar-refractivity contribution in [2.75, 3.05) is 33.2 Å². The number of piperidine rings is 1. The zero-order chi connectivity index (χ0) is 18.1. The van der Waals surface area contributed by atoms with Crippen molar-refractivity contribution in [3.05, 3.63) is 35.4 Å². The van der Waals surface area contributed by atoms with Gasteiger partial charge in [0.2, 0.25) is 11.8 Å². The van der Waals surface area contributed by atoms with Gasteiger partial charge in [0.15, 0.2) is 0 Å². The lowest BCUT2D eigenvalue weighted by molar-refractivity contribution is -0.141. The molecule has 1 aromatic rings. The summed E-state index contributed by atoms with van der Waals surface area (Å²) in [5, 5.41) is 3.07.